The highest BCUT2D eigenvalue weighted by Crippen LogP contribution is 2.35. The second-order valence-corrected chi connectivity index (χ2v) is 9.11. The van der Waals surface area contributed by atoms with E-state index in [0.29, 0.717) is 12.8 Å². The van der Waals surface area contributed by atoms with E-state index in [1.165, 1.54) is 27.1 Å². The molecule has 0 radical (unpaired) electrons. The molecule has 0 atom stereocenters. The third kappa shape index (κ3) is 5.27. The summed E-state index contributed by atoms with van der Waals surface area (Å²) in [6, 6.07) is 14.6. The maximum Gasteiger partial charge on any atom is 0.0891 e. The topological polar surface area (TPSA) is 60.7 Å². The van der Waals surface area contributed by atoms with Crippen LogP contribution in [0, 0.1) is 0 Å². The molecule has 0 aliphatic carbocycles. The van der Waals surface area contributed by atoms with Gasteiger partial charge in [-0.15, -0.1) is 11.3 Å². The van der Waals surface area contributed by atoms with Crippen LogP contribution in [0.15, 0.2) is 47.8 Å². The van der Waals surface area contributed by atoms with E-state index in [1.807, 2.05) is 32.0 Å². The average molecular weight is 439 g/mol. The van der Waals surface area contributed by atoms with E-state index in [2.05, 4.69) is 36.6 Å². The van der Waals surface area contributed by atoms with Gasteiger partial charge in [0.05, 0.1) is 18.8 Å². The number of thiophene rings is 1. The van der Waals surface area contributed by atoms with Gasteiger partial charge in [0.15, 0.2) is 0 Å². The van der Waals surface area contributed by atoms with Gasteiger partial charge in [-0.05, 0) is 82.5 Å². The lowest BCUT2D eigenvalue weighted by Gasteiger charge is -2.27. The predicted molar refractivity (Wildman–Crippen MR) is 129 cm³/mol. The van der Waals surface area contributed by atoms with Gasteiger partial charge in [-0.2, -0.15) is 0 Å². The van der Waals surface area contributed by atoms with Crippen molar-refractivity contribution in [2.24, 2.45) is 0 Å². The lowest BCUT2D eigenvalue weighted by atomic mass is 9.86. The summed E-state index contributed by atoms with van der Waals surface area (Å²) in [6.45, 7) is 6.15. The summed E-state index contributed by atoms with van der Waals surface area (Å²) in [5.41, 5.74) is 6.87. The first-order valence-electron chi connectivity index (χ1n) is 11.2. The van der Waals surface area contributed by atoms with Crippen LogP contribution in [0.25, 0.3) is 10.4 Å². The Balaban J connectivity index is 1.77. The third-order valence-corrected chi connectivity index (χ3v) is 7.44. The Morgan fingerprint density at radius 3 is 2.13 bits per heavy atom. The zero-order valence-electron chi connectivity index (χ0n) is 18.8. The van der Waals surface area contributed by atoms with Crippen molar-refractivity contribution in [2.45, 2.75) is 71.7 Å². The van der Waals surface area contributed by atoms with Crippen LogP contribution < -0.4 is 0 Å². The molecule has 0 spiro atoms. The van der Waals surface area contributed by atoms with Crippen molar-refractivity contribution in [3.63, 3.8) is 0 Å². The molecule has 0 amide bonds. The number of benzene rings is 2. The minimum Gasteiger partial charge on any atom is -0.392 e. The highest BCUT2D eigenvalue weighted by Gasteiger charge is 2.25. The van der Waals surface area contributed by atoms with Gasteiger partial charge in [0, 0.05) is 4.88 Å². The van der Waals surface area contributed by atoms with Crippen LogP contribution >= 0.6 is 11.3 Å². The van der Waals surface area contributed by atoms with Gasteiger partial charge in [-0.1, -0.05) is 57.2 Å². The maximum absolute atomic E-state index is 10.9. The number of aliphatic hydroxyl groups excluding tert-OH is 2. The summed E-state index contributed by atoms with van der Waals surface area (Å²) < 4.78 is 0. The first-order chi connectivity index (χ1) is 15.0. The Bertz CT molecular complexity index is 1000. The van der Waals surface area contributed by atoms with Crippen molar-refractivity contribution in [3.8, 4) is 10.4 Å². The van der Waals surface area contributed by atoms with Crippen molar-refractivity contribution >= 4 is 11.3 Å². The zero-order valence-corrected chi connectivity index (χ0v) is 19.6. The summed E-state index contributed by atoms with van der Waals surface area (Å²) in [5.74, 6) is 0. The molecule has 0 fully saturated rings. The van der Waals surface area contributed by atoms with Crippen LogP contribution in [0.1, 0.15) is 67.0 Å². The molecule has 0 saturated carbocycles. The van der Waals surface area contributed by atoms with Crippen molar-refractivity contribution in [1.82, 2.24) is 0 Å². The Labute approximate surface area is 190 Å². The molecule has 3 rings (SSSR count). The number of hydrogen-bond donors (Lipinski definition) is 3. The molecule has 3 N–H and O–H groups in total. The number of rotatable bonds is 10. The average Bonchev–Trinajstić information content (AvgIpc) is 3.30. The molecule has 2 aromatic carbocycles. The summed E-state index contributed by atoms with van der Waals surface area (Å²) in [7, 11) is 0. The second-order valence-electron chi connectivity index (χ2n) is 8.20. The third-order valence-electron chi connectivity index (χ3n) is 6.43. The van der Waals surface area contributed by atoms with Crippen LogP contribution in [0.3, 0.4) is 0 Å². The van der Waals surface area contributed by atoms with E-state index >= 15 is 0 Å². The standard InChI is InChI=1S/C27H34O3S/c1-4-21-15-24(27(30,5-2)6-3)11-12-25(21)26-14-20(18-31-26)8-7-19-9-10-22(16-28)23(13-19)17-29/h9-15,18,28-30H,4-8,16-17H2,1-3H3. The molecule has 0 saturated heterocycles. The Hall–Kier alpha value is -1.98. The van der Waals surface area contributed by atoms with Crippen molar-refractivity contribution in [3.05, 3.63) is 81.2 Å². The molecule has 31 heavy (non-hydrogen) atoms. The summed E-state index contributed by atoms with van der Waals surface area (Å²) >= 11 is 1.77. The molecule has 3 nitrogen and oxygen atoms in total. The molecule has 0 unspecified atom stereocenters. The van der Waals surface area contributed by atoms with Crippen LogP contribution in [0.4, 0.5) is 0 Å². The number of aryl methyl sites for hydroxylation is 3. The van der Waals surface area contributed by atoms with E-state index in [9.17, 15) is 15.3 Å². The Morgan fingerprint density at radius 2 is 1.48 bits per heavy atom. The zero-order chi connectivity index (χ0) is 22.4. The van der Waals surface area contributed by atoms with Gasteiger partial charge in [0.1, 0.15) is 0 Å². The van der Waals surface area contributed by atoms with Crippen LogP contribution in [-0.4, -0.2) is 15.3 Å². The molecule has 166 valence electrons. The van der Waals surface area contributed by atoms with Crippen LogP contribution in [0.5, 0.6) is 0 Å². The fourth-order valence-electron chi connectivity index (χ4n) is 4.15. The smallest absolute Gasteiger partial charge is 0.0891 e. The number of aliphatic hydroxyl groups is 3. The van der Waals surface area contributed by atoms with Gasteiger partial charge >= 0.3 is 0 Å². The lowest BCUT2D eigenvalue weighted by molar-refractivity contribution is 0.0283. The maximum atomic E-state index is 10.9. The van der Waals surface area contributed by atoms with Gasteiger partial charge in [0.25, 0.3) is 0 Å². The molecule has 0 aliphatic heterocycles. The first-order valence-corrected chi connectivity index (χ1v) is 12.1. The highest BCUT2D eigenvalue weighted by molar-refractivity contribution is 7.13. The lowest BCUT2D eigenvalue weighted by Crippen LogP contribution is -2.23. The van der Waals surface area contributed by atoms with E-state index in [0.717, 1.165) is 36.0 Å². The summed E-state index contributed by atoms with van der Waals surface area (Å²) in [4.78, 5) is 1.27. The van der Waals surface area contributed by atoms with E-state index in [4.69, 9.17) is 0 Å². The van der Waals surface area contributed by atoms with E-state index in [-0.39, 0.29) is 13.2 Å². The number of hydrogen-bond acceptors (Lipinski definition) is 4. The second kappa shape index (κ2) is 10.6. The van der Waals surface area contributed by atoms with Crippen LogP contribution in [0.2, 0.25) is 0 Å². The van der Waals surface area contributed by atoms with Gasteiger partial charge in [-0.3, -0.25) is 0 Å². The largest absolute Gasteiger partial charge is 0.392 e. The molecule has 0 bridgehead atoms. The molecule has 0 aliphatic rings. The summed E-state index contributed by atoms with van der Waals surface area (Å²) in [5, 5.41) is 32.0. The molecular formula is C27H34O3S. The van der Waals surface area contributed by atoms with Crippen LogP contribution in [-0.2, 0) is 38.1 Å². The van der Waals surface area contributed by atoms with Crippen molar-refractivity contribution in [1.29, 1.82) is 0 Å². The molecule has 3 aromatic rings. The Morgan fingerprint density at radius 1 is 0.774 bits per heavy atom. The van der Waals surface area contributed by atoms with E-state index < -0.39 is 5.60 Å². The molecular weight excluding hydrogens is 404 g/mol. The van der Waals surface area contributed by atoms with Gasteiger partial charge < -0.3 is 15.3 Å². The summed E-state index contributed by atoms with van der Waals surface area (Å²) in [6.07, 6.45) is 4.19. The Kier molecular flexibility index (Phi) is 8.06. The minimum absolute atomic E-state index is 0.0451. The monoisotopic (exact) mass is 438 g/mol. The van der Waals surface area contributed by atoms with Crippen molar-refractivity contribution < 1.29 is 15.3 Å². The molecule has 4 heteroatoms. The molecule has 1 heterocycles. The normalized spacial score (nSPS) is 11.8. The van der Waals surface area contributed by atoms with Gasteiger partial charge in [0.2, 0.25) is 0 Å². The van der Waals surface area contributed by atoms with Gasteiger partial charge in [-0.25, -0.2) is 0 Å². The van der Waals surface area contributed by atoms with Crippen molar-refractivity contribution in [2.75, 3.05) is 0 Å². The fourth-order valence-corrected chi connectivity index (χ4v) is 5.16. The van der Waals surface area contributed by atoms with E-state index in [1.54, 1.807) is 11.3 Å². The predicted octanol–water partition coefficient (Wildman–Crippen LogP) is 5.75. The SMILES string of the molecule is CCc1cc(C(O)(CC)CC)ccc1-c1cc(CCc2ccc(CO)c(CO)c2)cs1. The minimum atomic E-state index is -0.748. The fraction of sp³-hybridized carbons (Fsp3) is 0.407. The quantitative estimate of drug-likeness (QED) is 0.377. The molecule has 1 aromatic heterocycles. The highest BCUT2D eigenvalue weighted by atomic mass is 32.1. The first kappa shape index (κ1) is 23.7.